The van der Waals surface area contributed by atoms with Gasteiger partial charge in [-0.15, -0.1) is 0 Å². The number of carbonyl (C=O) groups excluding carboxylic acids is 1. The minimum absolute atomic E-state index is 0.0174. The smallest absolute Gasteiger partial charge is 0.407 e. The second kappa shape index (κ2) is 12.4. The number of carbonyl (C=O) groups is 1. The number of allylic oxidation sites excluding steroid dienone is 1. The van der Waals surface area contributed by atoms with Gasteiger partial charge in [0.1, 0.15) is 6.10 Å². The van der Waals surface area contributed by atoms with Gasteiger partial charge in [-0.05, 0) is 97.7 Å². The summed E-state index contributed by atoms with van der Waals surface area (Å²) >= 11 is 0. The predicted octanol–water partition coefficient (Wildman–Crippen LogP) is 8.55. The van der Waals surface area contributed by atoms with E-state index >= 15 is 0 Å². The lowest BCUT2D eigenvalue weighted by molar-refractivity contribution is -0.0581. The van der Waals surface area contributed by atoms with Crippen LogP contribution in [0.5, 0.6) is 0 Å². The number of ether oxygens (including phenoxy) is 2. The fourth-order valence-electron chi connectivity index (χ4n) is 9.42. The highest BCUT2D eigenvalue weighted by Crippen LogP contribution is 2.67. The Kier molecular flexibility index (Phi) is 9.73. The van der Waals surface area contributed by atoms with Crippen molar-refractivity contribution in [1.29, 1.82) is 0 Å². The molecule has 8 atom stereocenters. The van der Waals surface area contributed by atoms with E-state index in [0.29, 0.717) is 24.0 Å². The van der Waals surface area contributed by atoms with Crippen LogP contribution in [0.2, 0.25) is 0 Å². The molecule has 0 bridgehead atoms. The van der Waals surface area contributed by atoms with Gasteiger partial charge in [0.15, 0.2) is 0 Å². The van der Waals surface area contributed by atoms with Crippen LogP contribution in [-0.2, 0) is 9.47 Å². The molecule has 0 heterocycles. The topological polar surface area (TPSA) is 47.6 Å². The molecule has 0 unspecified atom stereocenters. The molecule has 0 aliphatic heterocycles. The van der Waals surface area contributed by atoms with E-state index in [1.54, 1.807) is 5.57 Å². The van der Waals surface area contributed by atoms with Crippen molar-refractivity contribution in [3.8, 4) is 0 Å². The summed E-state index contributed by atoms with van der Waals surface area (Å²) in [6, 6.07) is 0. The van der Waals surface area contributed by atoms with E-state index < -0.39 is 0 Å². The largest absolute Gasteiger partial charge is 0.446 e. The Balaban J connectivity index is 1.34. The van der Waals surface area contributed by atoms with Gasteiger partial charge < -0.3 is 14.8 Å². The van der Waals surface area contributed by atoms with Crippen LogP contribution in [0.1, 0.15) is 119 Å². The van der Waals surface area contributed by atoms with Crippen LogP contribution in [-0.4, -0.2) is 32.0 Å². The molecule has 1 amide bonds. The van der Waals surface area contributed by atoms with Crippen LogP contribution in [0.3, 0.4) is 0 Å². The van der Waals surface area contributed by atoms with E-state index in [0.717, 1.165) is 67.8 Å². The highest BCUT2D eigenvalue weighted by Gasteiger charge is 2.59. The standard InChI is InChI=1S/C33H57NO3/c1-7-20-36-21-19-34-31(35)37-26-15-17-32(5)25(22-26)11-12-27-29-14-13-28(24(4)10-8-9-23(2)3)33(29,6)18-16-30(27)32/h11,23-24,26-30H,7-10,12-22H2,1-6H3,(H,34,35)/t24-,26+,27+,28-,29+,30+,32+,33-/m1/s1. The predicted molar refractivity (Wildman–Crippen MR) is 152 cm³/mol. The molecule has 0 spiro atoms. The molecule has 3 saturated carbocycles. The molecule has 212 valence electrons. The molecule has 37 heavy (non-hydrogen) atoms. The van der Waals surface area contributed by atoms with Gasteiger partial charge in [0.25, 0.3) is 0 Å². The minimum Gasteiger partial charge on any atom is -0.446 e. The molecule has 4 aliphatic carbocycles. The first-order valence-electron chi connectivity index (χ1n) is 15.9. The van der Waals surface area contributed by atoms with Crippen molar-refractivity contribution < 1.29 is 14.3 Å². The Morgan fingerprint density at radius 3 is 2.62 bits per heavy atom. The van der Waals surface area contributed by atoms with Gasteiger partial charge in [-0.25, -0.2) is 4.79 Å². The zero-order valence-electron chi connectivity index (χ0n) is 25.0. The van der Waals surface area contributed by atoms with Gasteiger partial charge >= 0.3 is 6.09 Å². The second-order valence-corrected chi connectivity index (χ2v) is 14.1. The van der Waals surface area contributed by atoms with Crippen LogP contribution in [0.25, 0.3) is 0 Å². The summed E-state index contributed by atoms with van der Waals surface area (Å²) in [6.45, 7) is 16.4. The number of fused-ring (bicyclic) bond motifs is 5. The molecule has 0 radical (unpaired) electrons. The maximum atomic E-state index is 12.3. The number of alkyl carbamates (subject to hydrolysis) is 1. The van der Waals surface area contributed by atoms with Crippen molar-refractivity contribution in [2.45, 2.75) is 125 Å². The fourth-order valence-corrected chi connectivity index (χ4v) is 9.42. The van der Waals surface area contributed by atoms with Crippen molar-refractivity contribution in [1.82, 2.24) is 5.32 Å². The summed E-state index contributed by atoms with van der Waals surface area (Å²) in [4.78, 5) is 12.3. The van der Waals surface area contributed by atoms with Crippen molar-refractivity contribution in [3.05, 3.63) is 11.6 Å². The normalized spacial score (nSPS) is 37.8. The number of rotatable bonds is 11. The summed E-state index contributed by atoms with van der Waals surface area (Å²) < 4.78 is 11.3. The number of nitrogens with one attached hydrogen (secondary N) is 1. The molecular weight excluding hydrogens is 458 g/mol. The SMILES string of the molecule is CCCOCCNC(=O)O[C@H]1CC[C@@]2(C)C(=CC[C@H]3[C@@H]4CC[C@H]([C@H](C)CCCC(C)C)[C@@]4(C)CC[C@@H]32)C1. The molecule has 4 aliphatic rings. The van der Waals surface area contributed by atoms with E-state index in [-0.39, 0.29) is 12.2 Å². The molecule has 0 aromatic rings. The number of hydrogen-bond donors (Lipinski definition) is 1. The van der Waals surface area contributed by atoms with Gasteiger partial charge in [-0.1, -0.05) is 72.5 Å². The van der Waals surface area contributed by atoms with Gasteiger partial charge in [-0.3, -0.25) is 0 Å². The zero-order chi connectivity index (χ0) is 26.6. The van der Waals surface area contributed by atoms with E-state index in [2.05, 4.69) is 52.9 Å². The van der Waals surface area contributed by atoms with Crippen LogP contribution >= 0.6 is 0 Å². The van der Waals surface area contributed by atoms with Crippen molar-refractivity contribution in [3.63, 3.8) is 0 Å². The molecule has 4 nitrogen and oxygen atoms in total. The molecule has 3 fully saturated rings. The van der Waals surface area contributed by atoms with Crippen LogP contribution < -0.4 is 5.32 Å². The fraction of sp³-hybridized carbons (Fsp3) is 0.909. The molecular formula is C33H57NO3. The summed E-state index contributed by atoms with van der Waals surface area (Å²) in [7, 11) is 0. The molecule has 0 saturated heterocycles. The summed E-state index contributed by atoms with van der Waals surface area (Å²) in [6.07, 6.45) is 17.6. The molecule has 4 rings (SSSR count). The monoisotopic (exact) mass is 515 g/mol. The van der Waals surface area contributed by atoms with Crippen LogP contribution in [0, 0.1) is 46.3 Å². The average molecular weight is 516 g/mol. The van der Waals surface area contributed by atoms with Gasteiger partial charge in [0.05, 0.1) is 6.61 Å². The summed E-state index contributed by atoms with van der Waals surface area (Å²) in [5, 5.41) is 2.87. The Labute approximate surface area is 228 Å². The van der Waals surface area contributed by atoms with Gasteiger partial charge in [0.2, 0.25) is 0 Å². The lowest BCUT2D eigenvalue weighted by Gasteiger charge is -2.58. The van der Waals surface area contributed by atoms with Crippen molar-refractivity contribution in [2.24, 2.45) is 46.3 Å². The molecule has 1 N–H and O–H groups in total. The Hall–Kier alpha value is -1.03. The third kappa shape index (κ3) is 6.25. The Bertz CT molecular complexity index is 792. The quantitative estimate of drug-likeness (QED) is 0.221. The van der Waals surface area contributed by atoms with Gasteiger partial charge in [-0.2, -0.15) is 0 Å². The third-order valence-electron chi connectivity index (χ3n) is 11.4. The lowest BCUT2D eigenvalue weighted by atomic mass is 9.47. The molecule has 0 aromatic heterocycles. The van der Waals surface area contributed by atoms with E-state index in [4.69, 9.17) is 9.47 Å². The minimum atomic E-state index is -0.282. The maximum Gasteiger partial charge on any atom is 0.407 e. The zero-order valence-corrected chi connectivity index (χ0v) is 25.0. The summed E-state index contributed by atoms with van der Waals surface area (Å²) in [5.74, 6) is 5.17. The first-order valence-corrected chi connectivity index (χ1v) is 15.9. The number of amides is 1. The van der Waals surface area contributed by atoms with Crippen LogP contribution in [0.4, 0.5) is 4.79 Å². The van der Waals surface area contributed by atoms with E-state index in [1.165, 1.54) is 51.4 Å². The molecule has 0 aromatic carbocycles. The Morgan fingerprint density at radius 1 is 1.05 bits per heavy atom. The van der Waals surface area contributed by atoms with E-state index in [9.17, 15) is 4.79 Å². The van der Waals surface area contributed by atoms with Crippen LogP contribution in [0.15, 0.2) is 11.6 Å². The number of hydrogen-bond acceptors (Lipinski definition) is 3. The van der Waals surface area contributed by atoms with Crippen molar-refractivity contribution >= 4 is 6.09 Å². The Morgan fingerprint density at radius 2 is 1.86 bits per heavy atom. The highest BCUT2D eigenvalue weighted by atomic mass is 16.6. The summed E-state index contributed by atoms with van der Waals surface area (Å²) in [5.41, 5.74) is 2.43. The highest BCUT2D eigenvalue weighted by molar-refractivity contribution is 5.67. The first-order chi connectivity index (χ1) is 17.7. The maximum absolute atomic E-state index is 12.3. The lowest BCUT2D eigenvalue weighted by Crippen LogP contribution is -2.51. The average Bonchev–Trinajstić information content (AvgIpc) is 3.21. The first kappa shape index (κ1) is 29.0. The van der Waals surface area contributed by atoms with Gasteiger partial charge in [0, 0.05) is 19.6 Å². The third-order valence-corrected chi connectivity index (χ3v) is 11.4. The second-order valence-electron chi connectivity index (χ2n) is 14.1. The molecule has 4 heteroatoms. The van der Waals surface area contributed by atoms with Crippen molar-refractivity contribution in [2.75, 3.05) is 19.8 Å². The van der Waals surface area contributed by atoms with E-state index in [1.807, 2.05) is 0 Å².